The molecule has 0 aromatic heterocycles. The van der Waals surface area contributed by atoms with Crippen LogP contribution in [-0.4, -0.2) is 45.7 Å². The molecule has 27 heavy (non-hydrogen) atoms. The Morgan fingerprint density at radius 1 is 0.852 bits per heavy atom. The molecule has 144 valence electrons. The van der Waals surface area contributed by atoms with Crippen LogP contribution in [0.1, 0.15) is 39.3 Å². The maximum atomic E-state index is 11.6. The molecule has 2 aromatic carbocycles. The smallest absolute Gasteiger partial charge is 0.338 e. The lowest BCUT2D eigenvalue weighted by atomic mass is 9.81. The Bertz CT molecular complexity index is 808. The number of carbonyl (C=O) groups excluding carboxylic acids is 1. The zero-order chi connectivity index (χ0) is 19.9. The molecule has 1 heterocycles. The Hall–Kier alpha value is -2.21. The van der Waals surface area contributed by atoms with Crippen LogP contribution in [0.15, 0.2) is 36.4 Å². The van der Waals surface area contributed by atoms with Crippen molar-refractivity contribution in [3.8, 4) is 0 Å². The first-order valence-electron chi connectivity index (χ1n) is 9.09. The molecule has 0 bridgehead atoms. The van der Waals surface area contributed by atoms with E-state index in [0.717, 1.165) is 33.4 Å². The van der Waals surface area contributed by atoms with Gasteiger partial charge in [-0.1, -0.05) is 36.4 Å². The molecule has 2 aromatic rings. The van der Waals surface area contributed by atoms with Gasteiger partial charge in [0.1, 0.15) is 12.2 Å². The van der Waals surface area contributed by atoms with Gasteiger partial charge in [0.25, 0.3) is 0 Å². The molecule has 1 aliphatic heterocycles. The van der Waals surface area contributed by atoms with E-state index in [1.54, 1.807) is 0 Å². The molecule has 4 unspecified atom stereocenters. The van der Waals surface area contributed by atoms with Crippen molar-refractivity contribution in [1.29, 1.82) is 0 Å². The van der Waals surface area contributed by atoms with Crippen LogP contribution in [0.25, 0.3) is 0 Å². The molecule has 5 nitrogen and oxygen atoms in total. The fraction of sp³-hybridized carbons (Fsp3) is 0.409. The summed E-state index contributed by atoms with van der Waals surface area (Å²) in [6, 6.07) is 11.8. The minimum absolute atomic E-state index is 0.513. The Morgan fingerprint density at radius 3 is 1.70 bits per heavy atom. The number of esters is 1. The molecule has 0 amide bonds. The van der Waals surface area contributed by atoms with E-state index in [9.17, 15) is 20.1 Å². The summed E-state index contributed by atoms with van der Waals surface area (Å²) >= 11 is 0. The topological polar surface area (TPSA) is 87.0 Å². The molecule has 0 spiro atoms. The fourth-order valence-electron chi connectivity index (χ4n) is 3.56. The molecule has 1 saturated heterocycles. The van der Waals surface area contributed by atoms with Gasteiger partial charge in [0.2, 0.25) is 0 Å². The lowest BCUT2D eigenvalue weighted by Gasteiger charge is -2.29. The predicted octanol–water partition coefficient (Wildman–Crippen LogP) is 2.06. The van der Waals surface area contributed by atoms with Gasteiger partial charge in [0.15, 0.2) is 12.2 Å². The normalized spacial score (nSPS) is 23.6. The SMILES string of the molecule is Cc1ccc(C(c2ccc(C)c(C)c2)C(O)C2OC(=O)C(O)C2O)cc1C. The summed E-state index contributed by atoms with van der Waals surface area (Å²) in [7, 11) is 0. The van der Waals surface area contributed by atoms with Crippen LogP contribution in [0.4, 0.5) is 0 Å². The molecule has 0 aliphatic carbocycles. The van der Waals surface area contributed by atoms with Gasteiger partial charge in [0.05, 0.1) is 0 Å². The molecule has 3 rings (SSSR count). The van der Waals surface area contributed by atoms with Crippen molar-refractivity contribution >= 4 is 5.97 Å². The monoisotopic (exact) mass is 370 g/mol. The van der Waals surface area contributed by atoms with Gasteiger partial charge in [-0.2, -0.15) is 0 Å². The van der Waals surface area contributed by atoms with E-state index in [-0.39, 0.29) is 0 Å². The van der Waals surface area contributed by atoms with Gasteiger partial charge in [-0.15, -0.1) is 0 Å². The standard InChI is InChI=1S/C22H26O5/c1-11-5-7-15(9-13(11)3)17(16-8-6-12(2)14(4)10-16)18(23)21-19(24)20(25)22(26)27-21/h5-10,17-21,23-25H,1-4H3. The van der Waals surface area contributed by atoms with Crippen molar-refractivity contribution < 1.29 is 24.9 Å². The number of benzene rings is 2. The minimum atomic E-state index is -1.63. The third kappa shape index (κ3) is 3.63. The first-order chi connectivity index (χ1) is 12.7. The van der Waals surface area contributed by atoms with Crippen molar-refractivity contribution in [3.05, 3.63) is 69.8 Å². The van der Waals surface area contributed by atoms with Crippen LogP contribution in [-0.2, 0) is 9.53 Å². The number of aryl methyl sites for hydroxylation is 4. The van der Waals surface area contributed by atoms with Gasteiger partial charge >= 0.3 is 5.97 Å². The van der Waals surface area contributed by atoms with E-state index < -0.39 is 36.3 Å². The van der Waals surface area contributed by atoms with Gasteiger partial charge in [-0.25, -0.2) is 4.79 Å². The number of aliphatic hydroxyl groups is 3. The zero-order valence-corrected chi connectivity index (χ0v) is 16.0. The molecule has 4 atom stereocenters. The highest BCUT2D eigenvalue weighted by molar-refractivity contribution is 5.77. The summed E-state index contributed by atoms with van der Waals surface area (Å²) in [5.41, 5.74) is 6.15. The predicted molar refractivity (Wildman–Crippen MR) is 102 cm³/mol. The quantitative estimate of drug-likeness (QED) is 0.717. The first-order valence-corrected chi connectivity index (χ1v) is 9.09. The Morgan fingerprint density at radius 2 is 1.33 bits per heavy atom. The number of aliphatic hydroxyl groups excluding tert-OH is 3. The van der Waals surface area contributed by atoms with Crippen molar-refractivity contribution in [3.63, 3.8) is 0 Å². The van der Waals surface area contributed by atoms with Crippen LogP contribution >= 0.6 is 0 Å². The average Bonchev–Trinajstić information content (AvgIpc) is 2.88. The maximum Gasteiger partial charge on any atom is 0.338 e. The van der Waals surface area contributed by atoms with Crippen LogP contribution in [0, 0.1) is 27.7 Å². The van der Waals surface area contributed by atoms with Crippen molar-refractivity contribution in [1.82, 2.24) is 0 Å². The molecule has 1 aliphatic rings. The highest BCUT2D eigenvalue weighted by Gasteiger charge is 2.48. The second-order valence-corrected chi connectivity index (χ2v) is 7.49. The molecule has 5 heteroatoms. The maximum absolute atomic E-state index is 11.6. The van der Waals surface area contributed by atoms with Crippen LogP contribution in [0.2, 0.25) is 0 Å². The third-order valence-electron chi connectivity index (χ3n) is 5.61. The highest BCUT2D eigenvalue weighted by atomic mass is 16.6. The van der Waals surface area contributed by atoms with Gasteiger partial charge in [-0.3, -0.25) is 0 Å². The zero-order valence-electron chi connectivity index (χ0n) is 16.0. The summed E-state index contributed by atoms with van der Waals surface area (Å²) in [5, 5.41) is 31.0. The van der Waals surface area contributed by atoms with Crippen LogP contribution in [0.3, 0.4) is 0 Å². The van der Waals surface area contributed by atoms with E-state index in [4.69, 9.17) is 4.74 Å². The Kier molecular flexibility index (Phi) is 5.38. The van der Waals surface area contributed by atoms with Crippen LogP contribution < -0.4 is 0 Å². The van der Waals surface area contributed by atoms with Crippen LogP contribution in [0.5, 0.6) is 0 Å². The molecular formula is C22H26O5. The second kappa shape index (κ2) is 7.43. The van der Waals surface area contributed by atoms with E-state index in [2.05, 4.69) is 0 Å². The third-order valence-corrected chi connectivity index (χ3v) is 5.61. The Balaban J connectivity index is 2.07. The van der Waals surface area contributed by atoms with E-state index in [1.807, 2.05) is 64.1 Å². The fourth-order valence-corrected chi connectivity index (χ4v) is 3.56. The number of hydrogen-bond acceptors (Lipinski definition) is 5. The first kappa shape index (κ1) is 19.5. The number of hydrogen-bond donors (Lipinski definition) is 3. The lowest BCUT2D eigenvalue weighted by molar-refractivity contribution is -0.150. The number of cyclic esters (lactones) is 1. The average molecular weight is 370 g/mol. The molecule has 3 N–H and O–H groups in total. The van der Waals surface area contributed by atoms with E-state index >= 15 is 0 Å². The van der Waals surface area contributed by atoms with Crippen molar-refractivity contribution in [2.45, 2.75) is 58.0 Å². The van der Waals surface area contributed by atoms with Gasteiger partial charge < -0.3 is 20.1 Å². The number of rotatable bonds is 4. The summed E-state index contributed by atoms with van der Waals surface area (Å²) < 4.78 is 5.09. The highest BCUT2D eigenvalue weighted by Crippen LogP contribution is 2.35. The Labute approximate surface area is 159 Å². The molecule has 0 saturated carbocycles. The van der Waals surface area contributed by atoms with E-state index in [0.29, 0.717) is 0 Å². The summed E-state index contributed by atoms with van der Waals surface area (Å²) in [5.74, 6) is -1.42. The molecular weight excluding hydrogens is 344 g/mol. The molecule has 1 fully saturated rings. The van der Waals surface area contributed by atoms with E-state index in [1.165, 1.54) is 0 Å². The van der Waals surface area contributed by atoms with Gasteiger partial charge in [-0.05, 0) is 61.1 Å². The molecule has 0 radical (unpaired) electrons. The second-order valence-electron chi connectivity index (χ2n) is 7.49. The number of ether oxygens (including phenoxy) is 1. The lowest BCUT2D eigenvalue weighted by Crippen LogP contribution is -2.42. The summed E-state index contributed by atoms with van der Waals surface area (Å²) in [4.78, 5) is 11.6. The number of carbonyl (C=O) groups is 1. The summed E-state index contributed by atoms with van der Waals surface area (Å²) in [6.07, 6.45) is -5.50. The largest absolute Gasteiger partial charge is 0.455 e. The van der Waals surface area contributed by atoms with Crippen molar-refractivity contribution in [2.75, 3.05) is 0 Å². The van der Waals surface area contributed by atoms with Gasteiger partial charge in [0, 0.05) is 5.92 Å². The van der Waals surface area contributed by atoms with Crippen molar-refractivity contribution in [2.24, 2.45) is 0 Å². The summed E-state index contributed by atoms with van der Waals surface area (Å²) in [6.45, 7) is 8.02. The minimum Gasteiger partial charge on any atom is -0.455 e.